The van der Waals surface area contributed by atoms with Crippen molar-refractivity contribution in [3.8, 4) is 0 Å². The molecule has 2 heterocycles. The van der Waals surface area contributed by atoms with Gasteiger partial charge in [-0.05, 0) is 54.1 Å². The minimum absolute atomic E-state index is 0. The van der Waals surface area contributed by atoms with E-state index in [0.717, 1.165) is 63.0 Å². The molecule has 2 saturated heterocycles. The van der Waals surface area contributed by atoms with Crippen LogP contribution in [0.1, 0.15) is 12.8 Å². The van der Waals surface area contributed by atoms with Gasteiger partial charge < -0.3 is 20.0 Å². The highest BCUT2D eigenvalue weighted by Crippen LogP contribution is 2.16. The second-order valence-corrected chi connectivity index (χ2v) is 8.66. The molecule has 2 aliphatic heterocycles. The average Bonchev–Trinajstić information content (AvgIpc) is 3.18. The third-order valence-corrected chi connectivity index (χ3v) is 5.20. The van der Waals surface area contributed by atoms with Gasteiger partial charge in [-0.25, -0.2) is 0 Å². The van der Waals surface area contributed by atoms with Crippen molar-refractivity contribution >= 4 is 58.0 Å². The van der Waals surface area contributed by atoms with Crippen molar-refractivity contribution in [3.63, 3.8) is 0 Å². The summed E-state index contributed by atoms with van der Waals surface area (Å²) in [4.78, 5) is 27.4. The number of halogens is 2. The summed E-state index contributed by atoms with van der Waals surface area (Å²) < 4.78 is 0. The van der Waals surface area contributed by atoms with E-state index < -0.39 is 0 Å². The van der Waals surface area contributed by atoms with E-state index in [-0.39, 0.29) is 22.9 Å². The van der Waals surface area contributed by atoms with Crippen LogP contribution in [0.2, 0.25) is 0 Å². The van der Waals surface area contributed by atoms with E-state index in [1.165, 1.54) is 23.5 Å². The molecular formula is C16H34Cl2N4O2S2. The quantitative estimate of drug-likeness (QED) is 0.603. The van der Waals surface area contributed by atoms with Crippen LogP contribution in [0.5, 0.6) is 0 Å². The topological polar surface area (TPSA) is 55.9 Å². The van der Waals surface area contributed by atoms with E-state index in [1.807, 2.05) is 19.0 Å². The zero-order chi connectivity index (χ0) is 19.1. The van der Waals surface area contributed by atoms with Crippen LogP contribution < -0.4 is 5.32 Å². The number of hydrogen-bond acceptors (Lipinski definition) is 6. The van der Waals surface area contributed by atoms with Crippen molar-refractivity contribution < 1.29 is 9.59 Å². The molecule has 2 amide bonds. The number of rotatable bonds is 7. The summed E-state index contributed by atoms with van der Waals surface area (Å²) in [6.07, 6.45) is 2.17. The molecule has 0 bridgehead atoms. The molecule has 26 heavy (non-hydrogen) atoms. The molecule has 2 aliphatic rings. The van der Waals surface area contributed by atoms with Crippen molar-refractivity contribution in [1.29, 1.82) is 0 Å². The third kappa shape index (κ3) is 17.5. The van der Waals surface area contributed by atoms with Crippen LogP contribution in [0.25, 0.3) is 0 Å². The van der Waals surface area contributed by atoms with Gasteiger partial charge in [0.2, 0.25) is 0 Å². The van der Waals surface area contributed by atoms with Gasteiger partial charge >= 0.3 is 0 Å². The minimum Gasteiger partial charge on any atom is -0.346 e. The first-order chi connectivity index (χ1) is 11.9. The predicted molar refractivity (Wildman–Crippen MR) is 120 cm³/mol. The van der Waals surface area contributed by atoms with Gasteiger partial charge in [-0.3, -0.25) is 9.59 Å². The molecule has 1 N–H and O–H groups in total. The minimum atomic E-state index is 0. The monoisotopic (exact) mass is 448 g/mol. The molecule has 0 aromatic carbocycles. The fourth-order valence-electron chi connectivity index (χ4n) is 1.93. The van der Waals surface area contributed by atoms with Crippen molar-refractivity contribution in [3.05, 3.63) is 0 Å². The number of amides is 2. The van der Waals surface area contributed by atoms with Crippen LogP contribution in [-0.2, 0) is 0 Å². The average molecular weight is 450 g/mol. The highest BCUT2D eigenvalue weighted by molar-refractivity contribution is 8.14. The van der Waals surface area contributed by atoms with E-state index in [2.05, 4.69) is 29.2 Å². The van der Waals surface area contributed by atoms with Crippen molar-refractivity contribution in [2.75, 3.05) is 78.3 Å². The van der Waals surface area contributed by atoms with Crippen LogP contribution in [0.15, 0.2) is 0 Å². The fraction of sp³-hybridized carbons (Fsp3) is 0.875. The van der Waals surface area contributed by atoms with Crippen molar-refractivity contribution in [2.45, 2.75) is 12.8 Å². The van der Waals surface area contributed by atoms with Gasteiger partial charge in [0.15, 0.2) is 0 Å². The SMILES string of the molecule is CN(C)CCCCl.CN(C)CCCN1CCSC1=O.Cl.O=C1NCCS1. The maximum atomic E-state index is 11.1. The first-order valence-electron chi connectivity index (χ1n) is 8.54. The maximum absolute atomic E-state index is 11.1. The first kappa shape index (κ1) is 28.4. The Hall–Kier alpha value is 0.140. The van der Waals surface area contributed by atoms with Gasteiger partial charge in [0.05, 0.1) is 0 Å². The molecule has 6 nitrogen and oxygen atoms in total. The summed E-state index contributed by atoms with van der Waals surface area (Å²) in [5.74, 6) is 2.69. The lowest BCUT2D eigenvalue weighted by atomic mass is 10.4. The van der Waals surface area contributed by atoms with Gasteiger partial charge in [-0.1, -0.05) is 23.5 Å². The summed E-state index contributed by atoms with van der Waals surface area (Å²) in [5.41, 5.74) is 0. The smallest absolute Gasteiger partial charge is 0.281 e. The Morgan fingerprint density at radius 2 is 1.65 bits per heavy atom. The molecule has 0 radical (unpaired) electrons. The van der Waals surface area contributed by atoms with Gasteiger partial charge in [0, 0.05) is 37.0 Å². The molecule has 156 valence electrons. The Kier molecular flexibility index (Phi) is 20.2. The van der Waals surface area contributed by atoms with Gasteiger partial charge in [0.1, 0.15) is 0 Å². The molecule has 2 fully saturated rings. The summed E-state index contributed by atoms with van der Waals surface area (Å²) in [6, 6.07) is 0. The number of hydrogen-bond donors (Lipinski definition) is 1. The Bertz CT molecular complexity index is 370. The molecule has 2 rings (SSSR count). The largest absolute Gasteiger partial charge is 0.346 e. The summed E-state index contributed by atoms with van der Waals surface area (Å²) in [6.45, 7) is 4.88. The zero-order valence-electron chi connectivity index (χ0n) is 16.3. The molecule has 0 atom stereocenters. The molecule has 0 aliphatic carbocycles. The van der Waals surface area contributed by atoms with E-state index in [1.54, 1.807) is 0 Å². The molecule has 10 heteroatoms. The van der Waals surface area contributed by atoms with Gasteiger partial charge in [-0.2, -0.15) is 0 Å². The zero-order valence-corrected chi connectivity index (χ0v) is 19.5. The van der Waals surface area contributed by atoms with Crippen LogP contribution in [0.4, 0.5) is 9.59 Å². The molecule has 0 saturated carbocycles. The summed E-state index contributed by atoms with van der Waals surface area (Å²) in [5, 5.41) is 3.02. The number of carbonyl (C=O) groups excluding carboxylic acids is 2. The number of alkyl halides is 1. The summed E-state index contributed by atoms with van der Waals surface area (Å²) >= 11 is 8.20. The molecular weight excluding hydrogens is 415 g/mol. The lowest BCUT2D eigenvalue weighted by Gasteiger charge is -2.15. The Morgan fingerprint density at radius 3 is 1.96 bits per heavy atom. The van der Waals surface area contributed by atoms with E-state index in [0.29, 0.717) is 0 Å². The standard InChI is InChI=1S/C8H16N2OS.C5H12ClN.C3H5NOS.ClH/c1-9(2)4-3-5-10-6-7-12-8(10)11;1-7(2)5-3-4-6;5-3-4-1-2-6-3;/h3-7H2,1-2H3;3-5H2,1-2H3;1-2H2,(H,4,5);1H. The second kappa shape index (κ2) is 18.5. The lowest BCUT2D eigenvalue weighted by Crippen LogP contribution is -2.27. The third-order valence-electron chi connectivity index (χ3n) is 3.22. The van der Waals surface area contributed by atoms with Crippen molar-refractivity contribution in [1.82, 2.24) is 20.0 Å². The normalized spacial score (nSPS) is 15.9. The van der Waals surface area contributed by atoms with E-state index in [4.69, 9.17) is 11.6 Å². The highest BCUT2D eigenvalue weighted by Gasteiger charge is 2.19. The van der Waals surface area contributed by atoms with Crippen molar-refractivity contribution in [2.24, 2.45) is 0 Å². The molecule has 0 aromatic rings. The molecule has 0 spiro atoms. The first-order valence-corrected chi connectivity index (χ1v) is 11.0. The Balaban J connectivity index is 0. The van der Waals surface area contributed by atoms with Crippen LogP contribution in [-0.4, -0.2) is 103 Å². The number of thioether (sulfide) groups is 2. The number of nitrogens with one attached hydrogen (secondary N) is 1. The Morgan fingerprint density at radius 1 is 1.04 bits per heavy atom. The fourth-order valence-corrected chi connectivity index (χ4v) is 3.50. The second-order valence-electron chi connectivity index (χ2n) is 6.17. The van der Waals surface area contributed by atoms with Gasteiger partial charge in [-0.15, -0.1) is 24.0 Å². The van der Waals surface area contributed by atoms with Gasteiger partial charge in [0.25, 0.3) is 10.5 Å². The Labute approximate surface area is 178 Å². The van der Waals surface area contributed by atoms with Crippen LogP contribution >= 0.6 is 47.5 Å². The number of nitrogens with zero attached hydrogens (tertiary/aromatic N) is 3. The highest BCUT2D eigenvalue weighted by atomic mass is 35.5. The van der Waals surface area contributed by atoms with E-state index >= 15 is 0 Å². The lowest BCUT2D eigenvalue weighted by molar-refractivity contribution is 0.226. The van der Waals surface area contributed by atoms with Crippen LogP contribution in [0.3, 0.4) is 0 Å². The number of carbonyl (C=O) groups is 2. The molecule has 0 aromatic heterocycles. The maximum Gasteiger partial charge on any atom is 0.281 e. The van der Waals surface area contributed by atoms with E-state index in [9.17, 15) is 9.59 Å². The summed E-state index contributed by atoms with van der Waals surface area (Å²) in [7, 11) is 8.21. The van der Waals surface area contributed by atoms with Crippen LogP contribution in [0, 0.1) is 0 Å². The predicted octanol–water partition coefficient (Wildman–Crippen LogP) is 3.15. The molecule has 0 unspecified atom stereocenters.